The fourth-order valence-corrected chi connectivity index (χ4v) is 1.58. The van der Waals surface area contributed by atoms with Crippen molar-refractivity contribution in [2.45, 2.75) is 39.8 Å². The Morgan fingerprint density at radius 2 is 2.06 bits per heavy atom. The van der Waals surface area contributed by atoms with Crippen LogP contribution >= 0.6 is 0 Å². The first-order chi connectivity index (χ1) is 7.50. The first kappa shape index (κ1) is 13.2. The average Bonchev–Trinajstić information content (AvgIpc) is 2.53. The zero-order valence-electron chi connectivity index (χ0n) is 11.0. The second kappa shape index (κ2) is 6.01. The molecule has 1 unspecified atom stereocenters. The van der Waals surface area contributed by atoms with E-state index in [0.29, 0.717) is 6.04 Å². The van der Waals surface area contributed by atoms with Crippen LogP contribution in [0.2, 0.25) is 0 Å². The molecule has 4 nitrogen and oxygen atoms in total. The SMILES string of the molecule is Cc1noc(C)c1CNC(C)CCN(C)C. The highest BCUT2D eigenvalue weighted by Crippen LogP contribution is 2.11. The van der Waals surface area contributed by atoms with Gasteiger partial charge in [0, 0.05) is 18.2 Å². The van der Waals surface area contributed by atoms with E-state index in [0.717, 1.165) is 31.0 Å². The predicted molar refractivity (Wildman–Crippen MR) is 65.4 cm³/mol. The summed E-state index contributed by atoms with van der Waals surface area (Å²) in [5.41, 5.74) is 2.18. The van der Waals surface area contributed by atoms with Crippen LogP contribution < -0.4 is 5.32 Å². The predicted octanol–water partition coefficient (Wildman–Crippen LogP) is 1.72. The molecule has 0 radical (unpaired) electrons. The second-order valence-corrected chi connectivity index (χ2v) is 4.68. The third kappa shape index (κ3) is 3.94. The van der Waals surface area contributed by atoms with Crippen molar-refractivity contribution in [3.05, 3.63) is 17.0 Å². The Kier molecular flexibility index (Phi) is 4.96. The largest absolute Gasteiger partial charge is 0.361 e. The van der Waals surface area contributed by atoms with Crippen LogP contribution in [0.25, 0.3) is 0 Å². The Labute approximate surface area is 98.0 Å². The molecule has 0 aliphatic carbocycles. The van der Waals surface area contributed by atoms with Gasteiger partial charge >= 0.3 is 0 Å². The zero-order valence-corrected chi connectivity index (χ0v) is 11.0. The molecule has 0 spiro atoms. The number of aromatic nitrogens is 1. The Hall–Kier alpha value is -0.870. The highest BCUT2D eigenvalue weighted by molar-refractivity contribution is 5.20. The molecule has 0 aliphatic rings. The molecule has 16 heavy (non-hydrogen) atoms. The number of aryl methyl sites for hydroxylation is 2. The topological polar surface area (TPSA) is 41.3 Å². The van der Waals surface area contributed by atoms with Crippen LogP contribution in [0.4, 0.5) is 0 Å². The molecule has 0 aromatic carbocycles. The number of rotatable bonds is 6. The maximum atomic E-state index is 5.13. The summed E-state index contributed by atoms with van der Waals surface area (Å²) < 4.78 is 5.13. The van der Waals surface area contributed by atoms with E-state index in [1.54, 1.807) is 0 Å². The van der Waals surface area contributed by atoms with Crippen LogP contribution in [-0.4, -0.2) is 36.7 Å². The minimum absolute atomic E-state index is 0.510. The van der Waals surface area contributed by atoms with Gasteiger partial charge in [-0.2, -0.15) is 0 Å². The smallest absolute Gasteiger partial charge is 0.138 e. The Bertz CT molecular complexity index is 301. The van der Waals surface area contributed by atoms with Gasteiger partial charge in [-0.05, 0) is 47.8 Å². The fraction of sp³-hybridized carbons (Fsp3) is 0.750. The van der Waals surface area contributed by atoms with Crippen LogP contribution in [0.15, 0.2) is 4.52 Å². The number of hydrogen-bond acceptors (Lipinski definition) is 4. The summed E-state index contributed by atoms with van der Waals surface area (Å²) in [7, 11) is 4.20. The highest BCUT2D eigenvalue weighted by atomic mass is 16.5. The van der Waals surface area contributed by atoms with Gasteiger partial charge in [-0.3, -0.25) is 0 Å². The Balaban J connectivity index is 2.34. The normalized spacial score (nSPS) is 13.4. The summed E-state index contributed by atoms with van der Waals surface area (Å²) in [6.07, 6.45) is 1.15. The van der Waals surface area contributed by atoms with E-state index in [1.807, 2.05) is 13.8 Å². The first-order valence-corrected chi connectivity index (χ1v) is 5.80. The minimum Gasteiger partial charge on any atom is -0.361 e. The molecule has 0 amide bonds. The molecular weight excluding hydrogens is 202 g/mol. The van der Waals surface area contributed by atoms with Crippen molar-refractivity contribution in [3.8, 4) is 0 Å². The molecule has 1 N–H and O–H groups in total. The van der Waals surface area contributed by atoms with E-state index >= 15 is 0 Å². The molecule has 0 fully saturated rings. The molecule has 92 valence electrons. The number of hydrogen-bond donors (Lipinski definition) is 1. The van der Waals surface area contributed by atoms with Gasteiger partial charge in [0.1, 0.15) is 5.76 Å². The standard InChI is InChI=1S/C12H23N3O/c1-9(6-7-15(4)5)13-8-12-10(2)14-16-11(12)3/h9,13H,6-8H2,1-5H3. The van der Waals surface area contributed by atoms with Crippen molar-refractivity contribution in [2.24, 2.45) is 0 Å². The van der Waals surface area contributed by atoms with Crippen molar-refractivity contribution >= 4 is 0 Å². The number of nitrogens with zero attached hydrogens (tertiary/aromatic N) is 2. The maximum absolute atomic E-state index is 5.13. The highest BCUT2D eigenvalue weighted by Gasteiger charge is 2.10. The lowest BCUT2D eigenvalue weighted by Gasteiger charge is -2.16. The molecule has 0 aliphatic heterocycles. The average molecular weight is 225 g/mol. The van der Waals surface area contributed by atoms with Gasteiger partial charge in [-0.25, -0.2) is 0 Å². The maximum Gasteiger partial charge on any atom is 0.138 e. The molecule has 1 aromatic rings. The van der Waals surface area contributed by atoms with Crippen molar-refractivity contribution < 1.29 is 4.52 Å². The lowest BCUT2D eigenvalue weighted by Crippen LogP contribution is -2.29. The van der Waals surface area contributed by atoms with Crippen molar-refractivity contribution in [1.82, 2.24) is 15.4 Å². The van der Waals surface area contributed by atoms with Gasteiger partial charge in [0.2, 0.25) is 0 Å². The van der Waals surface area contributed by atoms with E-state index in [1.165, 1.54) is 5.56 Å². The molecule has 1 rings (SSSR count). The minimum atomic E-state index is 0.510. The Morgan fingerprint density at radius 1 is 1.38 bits per heavy atom. The van der Waals surface area contributed by atoms with Crippen molar-refractivity contribution in [1.29, 1.82) is 0 Å². The summed E-state index contributed by atoms with van der Waals surface area (Å²) in [6, 6.07) is 0.510. The van der Waals surface area contributed by atoms with Crippen LogP contribution in [0.1, 0.15) is 30.4 Å². The lowest BCUT2D eigenvalue weighted by atomic mass is 10.1. The summed E-state index contributed by atoms with van der Waals surface area (Å²) in [6.45, 7) is 8.10. The number of nitrogens with one attached hydrogen (secondary N) is 1. The van der Waals surface area contributed by atoms with Crippen LogP contribution in [0.5, 0.6) is 0 Å². The Morgan fingerprint density at radius 3 is 2.56 bits per heavy atom. The second-order valence-electron chi connectivity index (χ2n) is 4.68. The molecule has 4 heteroatoms. The molecule has 1 aromatic heterocycles. The van der Waals surface area contributed by atoms with Gasteiger partial charge in [0.05, 0.1) is 5.69 Å². The summed E-state index contributed by atoms with van der Waals surface area (Å²) in [4.78, 5) is 2.20. The van der Waals surface area contributed by atoms with Crippen LogP contribution in [0, 0.1) is 13.8 Å². The quantitative estimate of drug-likeness (QED) is 0.800. The van der Waals surface area contributed by atoms with Gasteiger partial charge < -0.3 is 14.7 Å². The summed E-state index contributed by atoms with van der Waals surface area (Å²) in [5.74, 6) is 0.921. The third-order valence-corrected chi connectivity index (χ3v) is 2.82. The summed E-state index contributed by atoms with van der Waals surface area (Å²) in [5, 5.41) is 7.44. The molecule has 0 saturated carbocycles. The van der Waals surface area contributed by atoms with E-state index < -0.39 is 0 Å². The molecule has 1 heterocycles. The van der Waals surface area contributed by atoms with Gasteiger partial charge in [0.25, 0.3) is 0 Å². The van der Waals surface area contributed by atoms with Gasteiger partial charge in [0.15, 0.2) is 0 Å². The summed E-state index contributed by atoms with van der Waals surface area (Å²) >= 11 is 0. The van der Waals surface area contributed by atoms with Crippen LogP contribution in [0.3, 0.4) is 0 Å². The lowest BCUT2D eigenvalue weighted by molar-refractivity contribution is 0.364. The fourth-order valence-electron chi connectivity index (χ4n) is 1.58. The van der Waals surface area contributed by atoms with Crippen LogP contribution in [-0.2, 0) is 6.54 Å². The van der Waals surface area contributed by atoms with Gasteiger partial charge in [-0.1, -0.05) is 5.16 Å². The van der Waals surface area contributed by atoms with E-state index in [-0.39, 0.29) is 0 Å². The van der Waals surface area contributed by atoms with Crippen molar-refractivity contribution in [2.75, 3.05) is 20.6 Å². The molecule has 1 atom stereocenters. The third-order valence-electron chi connectivity index (χ3n) is 2.82. The van der Waals surface area contributed by atoms with E-state index in [4.69, 9.17) is 4.52 Å². The monoisotopic (exact) mass is 225 g/mol. The van der Waals surface area contributed by atoms with Gasteiger partial charge in [-0.15, -0.1) is 0 Å². The van der Waals surface area contributed by atoms with Crippen molar-refractivity contribution in [3.63, 3.8) is 0 Å². The molecular formula is C12H23N3O. The zero-order chi connectivity index (χ0) is 12.1. The molecule has 0 saturated heterocycles. The van der Waals surface area contributed by atoms with E-state index in [9.17, 15) is 0 Å². The first-order valence-electron chi connectivity index (χ1n) is 5.80. The molecule has 0 bridgehead atoms. The van der Waals surface area contributed by atoms with E-state index in [2.05, 4.69) is 36.4 Å².